The van der Waals surface area contributed by atoms with Crippen molar-refractivity contribution in [2.75, 3.05) is 26.1 Å². The van der Waals surface area contributed by atoms with E-state index in [1.165, 1.54) is 11.3 Å². The highest BCUT2D eigenvalue weighted by Gasteiger charge is 2.18. The average Bonchev–Trinajstić information content (AvgIpc) is 3.43. The van der Waals surface area contributed by atoms with Crippen LogP contribution in [-0.2, 0) is 9.53 Å². The Kier molecular flexibility index (Phi) is 7.72. The summed E-state index contributed by atoms with van der Waals surface area (Å²) in [4.78, 5) is 34.8. The van der Waals surface area contributed by atoms with Gasteiger partial charge in [-0.05, 0) is 36.4 Å². The molecule has 0 aliphatic carbocycles. The Morgan fingerprint density at radius 2 is 1.67 bits per heavy atom. The summed E-state index contributed by atoms with van der Waals surface area (Å²) in [5.74, 6) is -0.0548. The molecule has 0 unspecified atom stereocenters. The number of benzene rings is 3. The minimum absolute atomic E-state index is 0.286. The van der Waals surface area contributed by atoms with E-state index in [-0.39, 0.29) is 5.56 Å². The van der Waals surface area contributed by atoms with Gasteiger partial charge in [0.05, 0.1) is 36.7 Å². The molecule has 0 saturated heterocycles. The molecular weight excluding hydrogens is 538 g/mol. The zero-order valence-corrected chi connectivity index (χ0v) is 22.5. The molecule has 39 heavy (non-hydrogen) atoms. The number of rotatable bonds is 8. The lowest BCUT2D eigenvalue weighted by Gasteiger charge is -2.12. The van der Waals surface area contributed by atoms with E-state index in [0.717, 1.165) is 11.1 Å². The summed E-state index contributed by atoms with van der Waals surface area (Å²) in [6, 6.07) is 21.6. The first kappa shape index (κ1) is 26.1. The Bertz CT molecular complexity index is 1690. The summed E-state index contributed by atoms with van der Waals surface area (Å²) in [5.41, 5.74) is 3.56. The van der Waals surface area contributed by atoms with Gasteiger partial charge >= 0.3 is 5.97 Å². The number of amides is 1. The normalized spacial score (nSPS) is 10.7. The second kappa shape index (κ2) is 11.5. The minimum Gasteiger partial charge on any atom is -0.493 e. The van der Waals surface area contributed by atoms with Crippen LogP contribution in [0.25, 0.3) is 33.4 Å². The second-order valence-corrected chi connectivity index (χ2v) is 9.55. The van der Waals surface area contributed by atoms with Crippen molar-refractivity contribution in [2.45, 2.75) is 0 Å². The molecule has 196 valence electrons. The molecule has 0 aliphatic rings. The molecule has 5 rings (SSSR count). The number of anilines is 1. The monoisotopic (exact) mass is 559 g/mol. The van der Waals surface area contributed by atoms with Gasteiger partial charge in [-0.15, -0.1) is 11.3 Å². The quantitative estimate of drug-likeness (QED) is 0.217. The first-order chi connectivity index (χ1) is 19.0. The maximum absolute atomic E-state index is 13.1. The number of methoxy groups -OCH3 is 2. The predicted octanol–water partition coefficient (Wildman–Crippen LogP) is 6.49. The Balaban J connectivity index is 1.33. The van der Waals surface area contributed by atoms with Crippen LogP contribution in [0.4, 0.5) is 5.13 Å². The lowest BCUT2D eigenvalue weighted by atomic mass is 10.0. The van der Waals surface area contributed by atoms with E-state index < -0.39 is 18.5 Å². The predicted molar refractivity (Wildman–Crippen MR) is 152 cm³/mol. The number of aromatic nitrogens is 2. The van der Waals surface area contributed by atoms with Crippen LogP contribution in [0.5, 0.6) is 11.5 Å². The maximum Gasteiger partial charge on any atom is 0.339 e. The molecule has 0 spiro atoms. The molecule has 2 heterocycles. The number of halogens is 1. The van der Waals surface area contributed by atoms with Crippen LogP contribution in [0.1, 0.15) is 10.4 Å². The molecule has 2 aromatic heterocycles. The summed E-state index contributed by atoms with van der Waals surface area (Å²) in [6.07, 6.45) is 0. The Morgan fingerprint density at radius 3 is 2.46 bits per heavy atom. The number of thiazole rings is 1. The summed E-state index contributed by atoms with van der Waals surface area (Å²) in [7, 11) is 3.11. The third-order valence-electron chi connectivity index (χ3n) is 5.85. The molecule has 5 aromatic rings. The van der Waals surface area contributed by atoms with Crippen LogP contribution in [0.15, 0.2) is 78.2 Å². The summed E-state index contributed by atoms with van der Waals surface area (Å²) < 4.78 is 16.1. The van der Waals surface area contributed by atoms with Crippen LogP contribution >= 0.6 is 22.9 Å². The molecule has 0 aliphatic heterocycles. The Labute approximate surface area is 233 Å². The molecule has 0 saturated carbocycles. The first-order valence-corrected chi connectivity index (χ1v) is 13.0. The van der Waals surface area contributed by atoms with Crippen molar-refractivity contribution in [3.63, 3.8) is 0 Å². The van der Waals surface area contributed by atoms with Crippen molar-refractivity contribution in [1.29, 1.82) is 0 Å². The number of carbonyl (C=O) groups is 2. The van der Waals surface area contributed by atoms with Gasteiger partial charge < -0.3 is 14.2 Å². The highest BCUT2D eigenvalue weighted by Crippen LogP contribution is 2.33. The van der Waals surface area contributed by atoms with E-state index in [2.05, 4.69) is 10.3 Å². The number of ether oxygens (including phenoxy) is 3. The number of esters is 1. The van der Waals surface area contributed by atoms with Crippen LogP contribution < -0.4 is 14.8 Å². The van der Waals surface area contributed by atoms with Crippen LogP contribution in [0, 0.1) is 0 Å². The molecule has 1 N–H and O–H groups in total. The van der Waals surface area contributed by atoms with Gasteiger partial charge in [0.1, 0.15) is 0 Å². The van der Waals surface area contributed by atoms with Crippen molar-refractivity contribution in [3.05, 3.63) is 88.8 Å². The SMILES string of the molecule is COc1ccc(-c2cc(C(=O)OCC(=O)Nc3nc(-c4ccccc4Cl)cs3)c3ccccc3n2)cc1OC. The Morgan fingerprint density at radius 1 is 0.897 bits per heavy atom. The molecule has 8 nitrogen and oxygen atoms in total. The van der Waals surface area contributed by atoms with Crippen molar-refractivity contribution in [3.8, 4) is 34.0 Å². The zero-order valence-electron chi connectivity index (χ0n) is 20.9. The third kappa shape index (κ3) is 5.69. The van der Waals surface area contributed by atoms with E-state index in [1.807, 2.05) is 42.5 Å². The molecule has 0 fully saturated rings. The zero-order chi connectivity index (χ0) is 27.4. The van der Waals surface area contributed by atoms with Gasteiger partial charge in [-0.1, -0.05) is 48.0 Å². The van der Waals surface area contributed by atoms with Gasteiger partial charge in [0, 0.05) is 26.9 Å². The fraction of sp³-hybridized carbons (Fsp3) is 0.103. The fourth-order valence-electron chi connectivity index (χ4n) is 3.98. The van der Waals surface area contributed by atoms with E-state index in [4.69, 9.17) is 30.8 Å². The van der Waals surface area contributed by atoms with Gasteiger partial charge in [0.25, 0.3) is 5.91 Å². The largest absolute Gasteiger partial charge is 0.493 e. The molecule has 0 radical (unpaired) electrons. The third-order valence-corrected chi connectivity index (χ3v) is 6.94. The lowest BCUT2D eigenvalue weighted by molar-refractivity contribution is -0.119. The van der Waals surface area contributed by atoms with E-state index in [9.17, 15) is 9.59 Å². The van der Waals surface area contributed by atoms with Crippen molar-refractivity contribution < 1.29 is 23.8 Å². The summed E-state index contributed by atoms with van der Waals surface area (Å²) in [6.45, 7) is -0.484. The number of carbonyl (C=O) groups excluding carboxylic acids is 2. The number of hydrogen-bond acceptors (Lipinski definition) is 8. The van der Waals surface area contributed by atoms with Crippen molar-refractivity contribution in [2.24, 2.45) is 0 Å². The number of hydrogen-bond donors (Lipinski definition) is 1. The highest BCUT2D eigenvalue weighted by molar-refractivity contribution is 7.14. The molecule has 10 heteroatoms. The highest BCUT2D eigenvalue weighted by atomic mass is 35.5. The van der Waals surface area contributed by atoms with Gasteiger partial charge in [0.15, 0.2) is 23.2 Å². The number of nitrogens with one attached hydrogen (secondary N) is 1. The van der Waals surface area contributed by atoms with E-state index in [0.29, 0.717) is 43.9 Å². The van der Waals surface area contributed by atoms with E-state index >= 15 is 0 Å². The lowest BCUT2D eigenvalue weighted by Crippen LogP contribution is -2.21. The topological polar surface area (TPSA) is 99.6 Å². The van der Waals surface area contributed by atoms with Gasteiger partial charge in [-0.3, -0.25) is 10.1 Å². The van der Waals surface area contributed by atoms with Crippen LogP contribution in [-0.4, -0.2) is 42.7 Å². The van der Waals surface area contributed by atoms with E-state index in [1.54, 1.807) is 49.9 Å². The summed E-state index contributed by atoms with van der Waals surface area (Å²) in [5, 5.41) is 6.00. The molecule has 0 bridgehead atoms. The number of nitrogens with zero attached hydrogens (tertiary/aromatic N) is 2. The number of fused-ring (bicyclic) bond motifs is 1. The van der Waals surface area contributed by atoms with Gasteiger partial charge in [-0.25, -0.2) is 14.8 Å². The number of para-hydroxylation sites is 1. The second-order valence-electron chi connectivity index (χ2n) is 8.28. The van der Waals surface area contributed by atoms with Gasteiger partial charge in [0.2, 0.25) is 0 Å². The number of pyridine rings is 1. The molecule has 3 aromatic carbocycles. The van der Waals surface area contributed by atoms with Crippen LogP contribution in [0.3, 0.4) is 0 Å². The Hall–Kier alpha value is -4.47. The first-order valence-electron chi connectivity index (χ1n) is 11.8. The van der Waals surface area contributed by atoms with Gasteiger partial charge in [-0.2, -0.15) is 0 Å². The van der Waals surface area contributed by atoms with Crippen LogP contribution in [0.2, 0.25) is 5.02 Å². The molecular formula is C29H22ClN3O5S. The molecule has 1 amide bonds. The smallest absolute Gasteiger partial charge is 0.339 e. The summed E-state index contributed by atoms with van der Waals surface area (Å²) >= 11 is 7.49. The fourth-order valence-corrected chi connectivity index (χ4v) is 4.93. The van der Waals surface area contributed by atoms with Crippen molar-refractivity contribution in [1.82, 2.24) is 9.97 Å². The average molecular weight is 560 g/mol. The molecule has 0 atom stereocenters. The van der Waals surface area contributed by atoms with Crippen molar-refractivity contribution >= 4 is 50.8 Å². The standard InChI is InChI=1S/C29H22ClN3O5S/c1-36-25-12-11-17(13-26(25)37-2)23-14-20(18-7-4-6-10-22(18)31-23)28(35)38-15-27(34)33-29-32-24(16-39-29)19-8-3-5-9-21(19)30/h3-14,16H,15H2,1-2H3,(H,32,33,34). The maximum atomic E-state index is 13.1. The minimum atomic E-state index is -0.652.